The normalized spacial score (nSPS) is 12.0. The second-order valence-corrected chi connectivity index (χ2v) is 4.50. The summed E-state index contributed by atoms with van der Waals surface area (Å²) in [5.74, 6) is 0.245. The third-order valence-corrected chi connectivity index (χ3v) is 2.94. The summed E-state index contributed by atoms with van der Waals surface area (Å²) < 4.78 is 12.2. The van der Waals surface area contributed by atoms with Crippen molar-refractivity contribution >= 4 is 5.97 Å². The molecule has 2 aromatic rings. The van der Waals surface area contributed by atoms with E-state index in [0.29, 0.717) is 12.4 Å². The first-order valence-electron chi connectivity index (χ1n) is 6.98. The van der Waals surface area contributed by atoms with Crippen molar-refractivity contribution in [1.82, 2.24) is 15.0 Å². The summed E-state index contributed by atoms with van der Waals surface area (Å²) in [5, 5.41) is 8.10. The molecule has 1 unspecified atom stereocenters. The first kappa shape index (κ1) is 15.0. The molecule has 0 saturated heterocycles. The molecule has 1 atom stereocenters. The fraction of sp³-hybridized carbons (Fsp3) is 0.400. The molecule has 1 aromatic carbocycles. The van der Waals surface area contributed by atoms with Gasteiger partial charge in [-0.25, -0.2) is 4.79 Å². The summed E-state index contributed by atoms with van der Waals surface area (Å²) in [5.41, 5.74) is 1.76. The molecule has 112 valence electrons. The molecule has 0 N–H and O–H groups in total. The Labute approximate surface area is 123 Å². The number of nitrogens with zero attached hydrogens (tertiary/aromatic N) is 3. The predicted molar refractivity (Wildman–Crippen MR) is 77.9 cm³/mol. The minimum absolute atomic E-state index is 0.346. The molecular weight excluding hydrogens is 270 g/mol. The van der Waals surface area contributed by atoms with Crippen molar-refractivity contribution in [2.45, 2.75) is 33.4 Å². The van der Waals surface area contributed by atoms with Crippen LogP contribution < -0.4 is 4.74 Å². The molecule has 0 spiro atoms. The van der Waals surface area contributed by atoms with Crippen LogP contribution in [0.15, 0.2) is 30.5 Å². The van der Waals surface area contributed by atoms with Crippen LogP contribution >= 0.6 is 0 Å². The molecule has 0 bridgehead atoms. The monoisotopic (exact) mass is 289 g/mol. The van der Waals surface area contributed by atoms with Gasteiger partial charge >= 0.3 is 5.97 Å². The van der Waals surface area contributed by atoms with Crippen molar-refractivity contribution in [2.75, 3.05) is 6.61 Å². The Morgan fingerprint density at radius 3 is 2.57 bits per heavy atom. The van der Waals surface area contributed by atoms with Gasteiger partial charge < -0.3 is 9.47 Å². The maximum absolute atomic E-state index is 11.5. The standard InChI is InChI=1S/C15H19N3O3/c1-4-18-10-14(16-17-18)12-6-8-13(9-7-12)21-11(3)15(19)20-5-2/h6-11H,4-5H2,1-3H3. The van der Waals surface area contributed by atoms with Gasteiger partial charge in [0.1, 0.15) is 11.4 Å². The topological polar surface area (TPSA) is 66.2 Å². The van der Waals surface area contributed by atoms with Crippen LogP contribution in [0.1, 0.15) is 20.8 Å². The molecular formula is C15H19N3O3. The van der Waals surface area contributed by atoms with Gasteiger partial charge in [0, 0.05) is 12.1 Å². The SMILES string of the molecule is CCOC(=O)C(C)Oc1ccc(-c2cn(CC)nn2)cc1. The van der Waals surface area contributed by atoms with Gasteiger partial charge in [-0.1, -0.05) is 5.21 Å². The smallest absolute Gasteiger partial charge is 0.347 e. The second-order valence-electron chi connectivity index (χ2n) is 4.50. The van der Waals surface area contributed by atoms with Crippen LogP contribution in [0, 0.1) is 0 Å². The number of hydrogen-bond donors (Lipinski definition) is 0. The molecule has 0 aliphatic carbocycles. The van der Waals surface area contributed by atoms with Crippen molar-refractivity contribution in [3.63, 3.8) is 0 Å². The highest BCUT2D eigenvalue weighted by Gasteiger charge is 2.15. The number of benzene rings is 1. The lowest BCUT2D eigenvalue weighted by Gasteiger charge is -2.13. The zero-order valence-electron chi connectivity index (χ0n) is 12.4. The summed E-state index contributed by atoms with van der Waals surface area (Å²) >= 11 is 0. The van der Waals surface area contributed by atoms with Crippen LogP contribution in [0.2, 0.25) is 0 Å². The van der Waals surface area contributed by atoms with Gasteiger partial charge in [-0.15, -0.1) is 5.10 Å². The number of aromatic nitrogens is 3. The van der Waals surface area contributed by atoms with E-state index in [2.05, 4.69) is 10.3 Å². The highest BCUT2D eigenvalue weighted by Crippen LogP contribution is 2.21. The molecule has 6 heteroatoms. The predicted octanol–water partition coefficient (Wildman–Crippen LogP) is 2.30. The van der Waals surface area contributed by atoms with Gasteiger partial charge in [-0.2, -0.15) is 0 Å². The van der Waals surface area contributed by atoms with E-state index < -0.39 is 6.10 Å². The van der Waals surface area contributed by atoms with Crippen LogP contribution in [0.5, 0.6) is 5.75 Å². The highest BCUT2D eigenvalue weighted by molar-refractivity contribution is 5.74. The lowest BCUT2D eigenvalue weighted by atomic mass is 10.1. The number of carbonyl (C=O) groups excluding carboxylic acids is 1. The Hall–Kier alpha value is -2.37. The molecule has 0 aliphatic heterocycles. The Morgan fingerprint density at radius 1 is 1.29 bits per heavy atom. The van der Waals surface area contributed by atoms with Gasteiger partial charge in [0.2, 0.25) is 0 Å². The van der Waals surface area contributed by atoms with Crippen molar-refractivity contribution in [3.05, 3.63) is 30.5 Å². The summed E-state index contributed by atoms with van der Waals surface area (Å²) in [4.78, 5) is 11.5. The number of aryl methyl sites for hydroxylation is 1. The molecule has 0 aliphatic rings. The Kier molecular flexibility index (Phi) is 4.92. The van der Waals surface area contributed by atoms with Crippen molar-refractivity contribution in [2.24, 2.45) is 0 Å². The van der Waals surface area contributed by atoms with Gasteiger partial charge in [0.15, 0.2) is 6.10 Å². The molecule has 0 fully saturated rings. The zero-order valence-corrected chi connectivity index (χ0v) is 12.4. The number of hydrogen-bond acceptors (Lipinski definition) is 5. The Bertz CT molecular complexity index is 592. The zero-order chi connectivity index (χ0) is 15.2. The molecule has 2 rings (SSSR count). The Morgan fingerprint density at radius 2 is 2.00 bits per heavy atom. The van der Waals surface area contributed by atoms with E-state index in [0.717, 1.165) is 17.8 Å². The van der Waals surface area contributed by atoms with Crippen LogP contribution in [0.3, 0.4) is 0 Å². The average Bonchev–Trinajstić information content (AvgIpc) is 2.97. The van der Waals surface area contributed by atoms with Gasteiger partial charge in [-0.05, 0) is 45.0 Å². The quantitative estimate of drug-likeness (QED) is 0.763. The maximum atomic E-state index is 11.5. The molecule has 6 nitrogen and oxygen atoms in total. The van der Waals surface area contributed by atoms with E-state index in [1.807, 2.05) is 25.3 Å². The number of esters is 1. The third kappa shape index (κ3) is 3.81. The third-order valence-electron chi connectivity index (χ3n) is 2.94. The van der Waals surface area contributed by atoms with Crippen molar-refractivity contribution in [1.29, 1.82) is 0 Å². The van der Waals surface area contributed by atoms with E-state index in [1.54, 1.807) is 30.7 Å². The highest BCUT2D eigenvalue weighted by atomic mass is 16.6. The number of rotatable bonds is 6. The van der Waals surface area contributed by atoms with Crippen LogP contribution in [0.25, 0.3) is 11.3 Å². The minimum atomic E-state index is -0.628. The van der Waals surface area contributed by atoms with E-state index in [4.69, 9.17) is 9.47 Å². The van der Waals surface area contributed by atoms with Gasteiger partial charge in [0.25, 0.3) is 0 Å². The average molecular weight is 289 g/mol. The lowest BCUT2D eigenvalue weighted by Crippen LogP contribution is -2.25. The van der Waals surface area contributed by atoms with E-state index in [9.17, 15) is 4.79 Å². The molecule has 1 aromatic heterocycles. The minimum Gasteiger partial charge on any atom is -0.479 e. The lowest BCUT2D eigenvalue weighted by molar-refractivity contribution is -0.150. The largest absolute Gasteiger partial charge is 0.479 e. The van der Waals surface area contributed by atoms with Gasteiger partial charge in [0.05, 0.1) is 12.8 Å². The Balaban J connectivity index is 2.03. The van der Waals surface area contributed by atoms with Crippen LogP contribution in [0.4, 0.5) is 0 Å². The second kappa shape index (κ2) is 6.88. The number of carbonyl (C=O) groups is 1. The number of ether oxygens (including phenoxy) is 2. The van der Waals surface area contributed by atoms with E-state index >= 15 is 0 Å². The summed E-state index contributed by atoms with van der Waals surface area (Å²) in [6.45, 7) is 6.57. The fourth-order valence-corrected chi connectivity index (χ4v) is 1.80. The molecule has 0 radical (unpaired) electrons. The molecule has 0 saturated carbocycles. The molecule has 0 amide bonds. The summed E-state index contributed by atoms with van der Waals surface area (Å²) in [7, 11) is 0. The summed E-state index contributed by atoms with van der Waals surface area (Å²) in [6.07, 6.45) is 1.26. The van der Waals surface area contributed by atoms with Crippen molar-refractivity contribution < 1.29 is 14.3 Å². The fourth-order valence-electron chi connectivity index (χ4n) is 1.80. The first-order valence-corrected chi connectivity index (χ1v) is 6.98. The van der Waals surface area contributed by atoms with Gasteiger partial charge in [-0.3, -0.25) is 4.68 Å². The summed E-state index contributed by atoms with van der Waals surface area (Å²) in [6, 6.07) is 7.38. The molecule has 1 heterocycles. The van der Waals surface area contributed by atoms with Crippen LogP contribution in [-0.2, 0) is 16.1 Å². The maximum Gasteiger partial charge on any atom is 0.347 e. The first-order chi connectivity index (χ1) is 10.1. The van der Waals surface area contributed by atoms with Crippen LogP contribution in [-0.4, -0.2) is 33.7 Å². The van der Waals surface area contributed by atoms with E-state index in [-0.39, 0.29) is 5.97 Å². The molecule has 21 heavy (non-hydrogen) atoms. The van der Waals surface area contributed by atoms with E-state index in [1.165, 1.54) is 0 Å². The van der Waals surface area contributed by atoms with Crippen molar-refractivity contribution in [3.8, 4) is 17.0 Å².